The first-order valence-corrected chi connectivity index (χ1v) is 10.7. The fourth-order valence-corrected chi connectivity index (χ4v) is 3.25. The molecule has 0 radical (unpaired) electrons. The van der Waals surface area contributed by atoms with Crippen LogP contribution in [0.5, 0.6) is 0 Å². The normalized spacial score (nSPS) is 17.5. The van der Waals surface area contributed by atoms with Crippen LogP contribution in [0, 0.1) is 6.92 Å². The quantitative estimate of drug-likeness (QED) is 0.594. The van der Waals surface area contributed by atoms with Crippen molar-refractivity contribution in [2.45, 2.75) is 52.4 Å². The van der Waals surface area contributed by atoms with Crippen LogP contribution in [0.4, 0.5) is 4.79 Å². The van der Waals surface area contributed by atoms with Crippen LogP contribution in [0.1, 0.15) is 44.4 Å². The molecule has 1 amide bonds. The van der Waals surface area contributed by atoms with Crippen molar-refractivity contribution in [2.75, 3.05) is 6.54 Å². The van der Waals surface area contributed by atoms with E-state index >= 15 is 0 Å². The Bertz CT molecular complexity index is 943. The summed E-state index contributed by atoms with van der Waals surface area (Å²) in [6.07, 6.45) is 1.43. The molecule has 164 valence electrons. The molecule has 1 fully saturated rings. The number of amides is 1. The largest absolute Gasteiger partial charge is 0.492 e. The molecule has 0 atom stereocenters. The average Bonchev–Trinajstić information content (AvgIpc) is 2.94. The lowest BCUT2D eigenvalue weighted by atomic mass is 9.77. The van der Waals surface area contributed by atoms with Crippen molar-refractivity contribution in [1.29, 1.82) is 0 Å². The highest BCUT2D eigenvalue weighted by Gasteiger charge is 2.52. The van der Waals surface area contributed by atoms with E-state index in [9.17, 15) is 4.79 Å². The van der Waals surface area contributed by atoms with Gasteiger partial charge in [-0.15, -0.1) is 0 Å². The minimum atomic E-state index is -0.598. The van der Waals surface area contributed by atoms with E-state index in [2.05, 4.69) is 5.32 Å². The second-order valence-corrected chi connectivity index (χ2v) is 9.14. The second kappa shape index (κ2) is 9.47. The first-order valence-electron chi connectivity index (χ1n) is 10.3. The molecule has 1 N–H and O–H groups in total. The number of hydrogen-bond acceptors (Lipinski definition) is 4. The number of halogens is 1. The molecule has 2 aromatic rings. The van der Waals surface area contributed by atoms with Crippen molar-refractivity contribution in [3.63, 3.8) is 0 Å². The van der Waals surface area contributed by atoms with E-state index in [1.807, 2.05) is 89.2 Å². The summed E-state index contributed by atoms with van der Waals surface area (Å²) in [6, 6.07) is 15.4. The van der Waals surface area contributed by atoms with Gasteiger partial charge in [-0.25, -0.2) is 4.79 Å². The standard InChI is InChI=1S/C24H29BClNO4/c1-17-11-12-19(14-21(17)26)13-20(25-30-23(2,3)24(4,5)31-25)15-27-22(28)29-16-18-9-7-6-8-10-18/h6-14H,15-16H2,1-5H3,(H,27,28). The summed E-state index contributed by atoms with van der Waals surface area (Å²) in [5.74, 6) is 0. The molecule has 5 nitrogen and oxygen atoms in total. The van der Waals surface area contributed by atoms with Crippen molar-refractivity contribution in [3.8, 4) is 0 Å². The Morgan fingerprint density at radius 2 is 1.74 bits per heavy atom. The minimum Gasteiger partial charge on any atom is -0.445 e. The number of nitrogens with one attached hydrogen (secondary N) is 1. The number of alkyl carbamates (subject to hydrolysis) is 1. The van der Waals surface area contributed by atoms with Gasteiger partial charge in [0.1, 0.15) is 6.61 Å². The first kappa shape index (κ1) is 23.4. The monoisotopic (exact) mass is 441 g/mol. The number of rotatable bonds is 6. The third-order valence-electron chi connectivity index (χ3n) is 5.75. The smallest absolute Gasteiger partial charge is 0.445 e. The molecule has 1 saturated heterocycles. The second-order valence-electron chi connectivity index (χ2n) is 8.73. The summed E-state index contributed by atoms with van der Waals surface area (Å²) < 4.78 is 17.7. The van der Waals surface area contributed by atoms with Crippen LogP contribution in [-0.2, 0) is 20.7 Å². The molecule has 0 saturated carbocycles. The maximum Gasteiger partial charge on any atom is 0.492 e. The van der Waals surface area contributed by atoms with Crippen molar-refractivity contribution in [3.05, 3.63) is 75.7 Å². The van der Waals surface area contributed by atoms with E-state index in [1.54, 1.807) is 0 Å². The van der Waals surface area contributed by atoms with Gasteiger partial charge in [0.2, 0.25) is 0 Å². The van der Waals surface area contributed by atoms with E-state index in [4.69, 9.17) is 25.6 Å². The molecule has 0 spiro atoms. The topological polar surface area (TPSA) is 56.8 Å². The van der Waals surface area contributed by atoms with Crippen molar-refractivity contribution in [1.82, 2.24) is 5.32 Å². The van der Waals surface area contributed by atoms with E-state index in [1.165, 1.54) is 0 Å². The summed E-state index contributed by atoms with van der Waals surface area (Å²) in [7, 11) is -0.598. The lowest BCUT2D eigenvalue weighted by Crippen LogP contribution is -2.41. The Hall–Kier alpha value is -2.28. The van der Waals surface area contributed by atoms with Gasteiger partial charge in [0, 0.05) is 11.6 Å². The van der Waals surface area contributed by atoms with Crippen LogP contribution in [0.2, 0.25) is 5.02 Å². The summed E-state index contributed by atoms with van der Waals surface area (Å²) in [5, 5.41) is 3.49. The van der Waals surface area contributed by atoms with Gasteiger partial charge in [-0.1, -0.05) is 60.1 Å². The van der Waals surface area contributed by atoms with Gasteiger partial charge < -0.3 is 19.4 Å². The van der Waals surface area contributed by atoms with Crippen molar-refractivity contribution < 1.29 is 18.8 Å². The maximum atomic E-state index is 12.3. The Labute approximate surface area is 189 Å². The Morgan fingerprint density at radius 1 is 1.10 bits per heavy atom. The molecule has 0 bridgehead atoms. The van der Waals surface area contributed by atoms with Crippen LogP contribution in [0.25, 0.3) is 6.08 Å². The van der Waals surface area contributed by atoms with Crippen LogP contribution < -0.4 is 5.32 Å². The maximum absolute atomic E-state index is 12.3. The van der Waals surface area contributed by atoms with Gasteiger partial charge in [-0.05, 0) is 62.8 Å². The number of hydrogen-bond donors (Lipinski definition) is 1. The lowest BCUT2D eigenvalue weighted by molar-refractivity contribution is 0.00578. The van der Waals surface area contributed by atoms with Crippen LogP contribution in [0.15, 0.2) is 54.0 Å². The summed E-state index contributed by atoms with van der Waals surface area (Å²) >= 11 is 6.29. The molecule has 0 unspecified atom stereocenters. The fraction of sp³-hybridized carbons (Fsp3) is 0.375. The van der Waals surface area contributed by atoms with Gasteiger partial charge in [0.05, 0.1) is 11.2 Å². The van der Waals surface area contributed by atoms with Gasteiger partial charge >= 0.3 is 13.2 Å². The molecular weight excluding hydrogens is 413 g/mol. The summed E-state index contributed by atoms with van der Waals surface area (Å²) in [5.41, 5.74) is 2.62. The predicted octanol–water partition coefficient (Wildman–Crippen LogP) is 5.59. The van der Waals surface area contributed by atoms with E-state index in [0.717, 1.165) is 22.2 Å². The molecule has 0 aliphatic carbocycles. The number of benzene rings is 2. The zero-order valence-corrected chi connectivity index (χ0v) is 19.5. The number of carbonyl (C=O) groups is 1. The average molecular weight is 442 g/mol. The predicted molar refractivity (Wildman–Crippen MR) is 125 cm³/mol. The third kappa shape index (κ3) is 5.91. The SMILES string of the molecule is Cc1ccc(C=C(CNC(=O)OCc2ccccc2)B2OC(C)(C)C(C)(C)O2)cc1Cl. The third-order valence-corrected chi connectivity index (χ3v) is 6.16. The summed E-state index contributed by atoms with van der Waals surface area (Å²) in [4.78, 5) is 12.3. The van der Waals surface area contributed by atoms with Gasteiger partial charge in [0.25, 0.3) is 0 Å². The van der Waals surface area contributed by atoms with Gasteiger partial charge in [-0.3, -0.25) is 0 Å². The molecule has 2 aromatic carbocycles. The highest BCUT2D eigenvalue weighted by Crippen LogP contribution is 2.38. The molecule has 1 heterocycles. The number of carbonyl (C=O) groups excluding carboxylic acids is 1. The minimum absolute atomic E-state index is 0.204. The molecule has 0 aromatic heterocycles. The molecule has 1 aliphatic rings. The van der Waals surface area contributed by atoms with Crippen molar-refractivity contribution in [2.24, 2.45) is 0 Å². The number of ether oxygens (including phenoxy) is 1. The van der Waals surface area contributed by atoms with Crippen molar-refractivity contribution >= 4 is 30.9 Å². The molecule has 31 heavy (non-hydrogen) atoms. The Morgan fingerprint density at radius 3 is 2.35 bits per heavy atom. The van der Waals surface area contributed by atoms with Crippen LogP contribution in [0.3, 0.4) is 0 Å². The highest BCUT2D eigenvalue weighted by molar-refractivity contribution is 6.56. The van der Waals surface area contributed by atoms with Gasteiger partial charge in [0.15, 0.2) is 0 Å². The molecular formula is C24H29BClNO4. The van der Waals surface area contributed by atoms with Crippen LogP contribution in [-0.4, -0.2) is 31.0 Å². The molecule has 3 rings (SSSR count). The summed E-state index contributed by atoms with van der Waals surface area (Å²) in [6.45, 7) is 10.4. The van der Waals surface area contributed by atoms with E-state index < -0.39 is 24.4 Å². The zero-order chi connectivity index (χ0) is 22.6. The zero-order valence-electron chi connectivity index (χ0n) is 18.7. The Kier molecular flexibility index (Phi) is 7.15. The lowest BCUT2D eigenvalue weighted by Gasteiger charge is -2.32. The Balaban J connectivity index is 1.73. The molecule has 1 aliphatic heterocycles. The highest BCUT2D eigenvalue weighted by atomic mass is 35.5. The van der Waals surface area contributed by atoms with E-state index in [0.29, 0.717) is 5.02 Å². The van der Waals surface area contributed by atoms with E-state index in [-0.39, 0.29) is 13.2 Å². The first-order chi connectivity index (χ1) is 14.6. The van der Waals surface area contributed by atoms with Crippen LogP contribution >= 0.6 is 11.6 Å². The van der Waals surface area contributed by atoms with Gasteiger partial charge in [-0.2, -0.15) is 0 Å². The molecule has 7 heteroatoms. The number of aryl methyl sites for hydroxylation is 1. The fourth-order valence-electron chi connectivity index (χ4n) is 3.06.